The number of anilines is 1. The largest absolute Gasteiger partial charge is 0.492 e. The van der Waals surface area contributed by atoms with Crippen LogP contribution in [0.15, 0.2) is 59.5 Å². The van der Waals surface area contributed by atoms with E-state index in [1.54, 1.807) is 18.2 Å². The van der Waals surface area contributed by atoms with Gasteiger partial charge < -0.3 is 10.1 Å². The Morgan fingerprint density at radius 2 is 1.92 bits per heavy atom. The van der Waals surface area contributed by atoms with Gasteiger partial charge in [0, 0.05) is 6.20 Å². The number of fused-ring (bicyclic) bond motifs is 1. The van der Waals surface area contributed by atoms with E-state index in [0.717, 1.165) is 4.40 Å². The van der Waals surface area contributed by atoms with Crippen LogP contribution in [0.25, 0.3) is 5.65 Å². The van der Waals surface area contributed by atoms with Gasteiger partial charge in [-0.15, -0.1) is 0 Å². The normalized spacial score (nSPS) is 10.5. The molecule has 2 aromatic heterocycles. The van der Waals surface area contributed by atoms with Crippen molar-refractivity contribution >= 4 is 17.2 Å². The summed E-state index contributed by atoms with van der Waals surface area (Å²) in [6.45, 7) is 0.544. The average Bonchev–Trinajstić information content (AvgIpc) is 2.59. The molecule has 122 valence electrons. The Balaban J connectivity index is 1.79. The Morgan fingerprint density at radius 1 is 1.17 bits per heavy atom. The van der Waals surface area contributed by atoms with E-state index in [2.05, 4.69) is 10.3 Å². The molecule has 0 spiro atoms. The first-order valence-corrected chi connectivity index (χ1v) is 7.24. The van der Waals surface area contributed by atoms with Gasteiger partial charge in [-0.3, -0.25) is 19.3 Å². The van der Waals surface area contributed by atoms with E-state index >= 15 is 0 Å². The van der Waals surface area contributed by atoms with Crippen molar-refractivity contribution in [1.82, 2.24) is 9.38 Å². The van der Waals surface area contributed by atoms with Crippen LogP contribution in [0.4, 0.5) is 11.5 Å². The average molecular weight is 326 g/mol. The summed E-state index contributed by atoms with van der Waals surface area (Å²) in [6, 6.07) is 14.1. The van der Waals surface area contributed by atoms with Crippen molar-refractivity contribution in [2.45, 2.75) is 0 Å². The van der Waals surface area contributed by atoms with E-state index in [9.17, 15) is 14.9 Å². The Morgan fingerprint density at radius 3 is 2.67 bits per heavy atom. The standard InChI is InChI=1S/C16H14N4O4/c21-16-14(20(22)23)15(18-13-8-4-5-10-19(13)16)17-9-11-24-12-6-2-1-3-7-12/h1-8,10,17H,9,11H2. The molecule has 0 aliphatic heterocycles. The smallest absolute Gasteiger partial charge is 0.376 e. The number of aromatic nitrogens is 2. The Hall–Kier alpha value is -3.42. The second-order valence-electron chi connectivity index (χ2n) is 4.89. The quantitative estimate of drug-likeness (QED) is 0.423. The minimum atomic E-state index is -0.727. The molecule has 0 saturated carbocycles. The van der Waals surface area contributed by atoms with Gasteiger partial charge in [-0.2, -0.15) is 0 Å². The van der Waals surface area contributed by atoms with Gasteiger partial charge in [0.15, 0.2) is 0 Å². The summed E-state index contributed by atoms with van der Waals surface area (Å²) >= 11 is 0. The van der Waals surface area contributed by atoms with Gasteiger partial charge in [0.2, 0.25) is 5.82 Å². The van der Waals surface area contributed by atoms with Crippen LogP contribution >= 0.6 is 0 Å². The lowest BCUT2D eigenvalue weighted by Crippen LogP contribution is -2.22. The predicted molar refractivity (Wildman–Crippen MR) is 88.5 cm³/mol. The van der Waals surface area contributed by atoms with Gasteiger partial charge in [-0.25, -0.2) is 4.98 Å². The molecule has 2 heterocycles. The lowest BCUT2D eigenvalue weighted by atomic mass is 10.3. The number of hydrogen-bond donors (Lipinski definition) is 1. The molecule has 0 bridgehead atoms. The number of nitrogens with one attached hydrogen (secondary N) is 1. The number of pyridine rings is 1. The number of ether oxygens (including phenoxy) is 1. The Bertz CT molecular complexity index is 924. The highest BCUT2D eigenvalue weighted by atomic mass is 16.6. The number of hydrogen-bond acceptors (Lipinski definition) is 6. The first-order chi connectivity index (χ1) is 11.7. The SMILES string of the molecule is O=c1c([N+](=O)[O-])c(NCCOc2ccccc2)nc2ccccn12. The maximum absolute atomic E-state index is 12.3. The summed E-state index contributed by atoms with van der Waals surface area (Å²) in [5.41, 5.74) is -0.977. The highest BCUT2D eigenvalue weighted by molar-refractivity contribution is 5.59. The van der Waals surface area contributed by atoms with Crippen molar-refractivity contribution in [3.05, 3.63) is 75.2 Å². The van der Waals surface area contributed by atoms with Crippen LogP contribution in [0.3, 0.4) is 0 Å². The molecular weight excluding hydrogens is 312 g/mol. The number of nitrogens with zero attached hydrogens (tertiary/aromatic N) is 3. The predicted octanol–water partition coefficient (Wildman–Crippen LogP) is 2.09. The molecule has 1 aromatic carbocycles. The molecule has 24 heavy (non-hydrogen) atoms. The maximum Gasteiger partial charge on any atom is 0.376 e. The lowest BCUT2D eigenvalue weighted by molar-refractivity contribution is -0.385. The molecule has 0 unspecified atom stereocenters. The number of rotatable bonds is 6. The van der Waals surface area contributed by atoms with Gasteiger partial charge in [0.1, 0.15) is 18.0 Å². The van der Waals surface area contributed by atoms with Crippen LogP contribution in [0.2, 0.25) is 0 Å². The molecule has 3 aromatic rings. The van der Waals surface area contributed by atoms with Crippen molar-refractivity contribution < 1.29 is 9.66 Å². The van der Waals surface area contributed by atoms with Crippen LogP contribution in [0.1, 0.15) is 0 Å². The Kier molecular flexibility index (Phi) is 4.37. The highest BCUT2D eigenvalue weighted by Gasteiger charge is 2.23. The number of benzene rings is 1. The van der Waals surface area contributed by atoms with Crippen LogP contribution in [-0.4, -0.2) is 27.5 Å². The van der Waals surface area contributed by atoms with Crippen LogP contribution in [-0.2, 0) is 0 Å². The van der Waals surface area contributed by atoms with Crippen molar-refractivity contribution in [1.29, 1.82) is 0 Å². The number of para-hydroxylation sites is 1. The number of nitro groups is 1. The third kappa shape index (κ3) is 3.17. The topological polar surface area (TPSA) is 98.8 Å². The summed E-state index contributed by atoms with van der Waals surface area (Å²) in [5.74, 6) is 0.633. The first kappa shape index (κ1) is 15.5. The molecule has 0 radical (unpaired) electrons. The third-order valence-corrected chi connectivity index (χ3v) is 3.30. The molecule has 0 fully saturated rings. The molecule has 0 amide bonds. The van der Waals surface area contributed by atoms with Crippen molar-refractivity contribution in [3.63, 3.8) is 0 Å². The summed E-state index contributed by atoms with van der Waals surface area (Å²) < 4.78 is 6.64. The fourth-order valence-corrected chi connectivity index (χ4v) is 2.22. The van der Waals surface area contributed by atoms with E-state index in [0.29, 0.717) is 11.4 Å². The first-order valence-electron chi connectivity index (χ1n) is 7.24. The fraction of sp³-hybridized carbons (Fsp3) is 0.125. The summed E-state index contributed by atoms with van der Waals surface area (Å²) in [6.07, 6.45) is 1.44. The van der Waals surface area contributed by atoms with Crippen molar-refractivity contribution in [2.24, 2.45) is 0 Å². The fourth-order valence-electron chi connectivity index (χ4n) is 2.22. The van der Waals surface area contributed by atoms with E-state index in [1.165, 1.54) is 6.20 Å². The van der Waals surface area contributed by atoms with Gasteiger partial charge in [0.05, 0.1) is 11.5 Å². The van der Waals surface area contributed by atoms with E-state index in [-0.39, 0.29) is 19.0 Å². The van der Waals surface area contributed by atoms with Gasteiger partial charge in [0.25, 0.3) is 0 Å². The third-order valence-electron chi connectivity index (χ3n) is 3.30. The summed E-state index contributed by atoms with van der Waals surface area (Å²) in [5, 5.41) is 14.0. The monoisotopic (exact) mass is 326 g/mol. The minimum absolute atomic E-state index is 0.0622. The zero-order chi connectivity index (χ0) is 16.9. The zero-order valence-electron chi connectivity index (χ0n) is 12.6. The van der Waals surface area contributed by atoms with Gasteiger partial charge >= 0.3 is 11.2 Å². The molecule has 0 saturated heterocycles. The zero-order valence-corrected chi connectivity index (χ0v) is 12.6. The molecule has 0 aliphatic carbocycles. The maximum atomic E-state index is 12.3. The van der Waals surface area contributed by atoms with Crippen LogP contribution < -0.4 is 15.6 Å². The highest BCUT2D eigenvalue weighted by Crippen LogP contribution is 2.17. The van der Waals surface area contributed by atoms with Crippen molar-refractivity contribution in [3.8, 4) is 5.75 Å². The van der Waals surface area contributed by atoms with E-state index in [4.69, 9.17) is 4.74 Å². The van der Waals surface area contributed by atoms with E-state index < -0.39 is 16.2 Å². The summed E-state index contributed by atoms with van der Waals surface area (Å²) in [4.78, 5) is 26.9. The molecule has 8 heteroatoms. The van der Waals surface area contributed by atoms with Crippen LogP contribution in [0.5, 0.6) is 5.75 Å². The molecular formula is C16H14N4O4. The van der Waals surface area contributed by atoms with Gasteiger partial charge in [-0.1, -0.05) is 24.3 Å². The van der Waals surface area contributed by atoms with Crippen LogP contribution in [0, 0.1) is 10.1 Å². The second-order valence-corrected chi connectivity index (χ2v) is 4.89. The minimum Gasteiger partial charge on any atom is -0.492 e. The van der Waals surface area contributed by atoms with E-state index in [1.807, 2.05) is 30.3 Å². The molecule has 0 atom stereocenters. The second kappa shape index (κ2) is 6.78. The Labute approximate surface area is 136 Å². The molecule has 3 rings (SSSR count). The lowest BCUT2D eigenvalue weighted by Gasteiger charge is -2.09. The van der Waals surface area contributed by atoms with Crippen molar-refractivity contribution in [2.75, 3.05) is 18.5 Å². The molecule has 8 nitrogen and oxygen atoms in total. The summed E-state index contributed by atoms with van der Waals surface area (Å²) in [7, 11) is 0. The van der Waals surface area contributed by atoms with Gasteiger partial charge in [-0.05, 0) is 24.3 Å². The molecule has 1 N–H and O–H groups in total. The molecule has 0 aliphatic rings.